The van der Waals surface area contributed by atoms with Crippen LogP contribution in [0.5, 0.6) is 0 Å². The minimum atomic E-state index is -0.491. The van der Waals surface area contributed by atoms with Crippen molar-refractivity contribution in [2.45, 2.75) is 0 Å². The Morgan fingerprint density at radius 2 is 1.71 bits per heavy atom. The number of carbonyl (C=O) groups excluding carboxylic acids is 1. The molecule has 2 N–H and O–H groups in total. The first kappa shape index (κ1) is 14.4. The monoisotopic (exact) mass is 285 g/mol. The Kier molecular flexibility index (Phi) is 4.76. The Morgan fingerprint density at radius 3 is 2.33 bits per heavy atom. The van der Waals surface area contributed by atoms with Gasteiger partial charge < -0.3 is 5.21 Å². The number of nitrogens with one attached hydrogen (secondary N) is 1. The molecule has 0 aliphatic carbocycles. The molecule has 21 heavy (non-hydrogen) atoms. The standard InChI is InChI=1S/C15H12FN3O2/c16-13-8-6-12(7-9-13)15(20)19-18-14(10-17-21)11-4-2-1-3-5-11/h1-10,21H,(H,19,20)/b17-10+,18-14+. The Bertz CT molecular complexity index is 667. The zero-order valence-corrected chi connectivity index (χ0v) is 10.9. The Labute approximate surface area is 120 Å². The van der Waals surface area contributed by atoms with Gasteiger partial charge >= 0.3 is 0 Å². The van der Waals surface area contributed by atoms with Crippen LogP contribution >= 0.6 is 0 Å². The minimum absolute atomic E-state index is 0.272. The fraction of sp³-hybridized carbons (Fsp3) is 0. The molecule has 2 aromatic carbocycles. The number of amides is 1. The van der Waals surface area contributed by atoms with E-state index in [0.717, 1.165) is 6.21 Å². The summed E-state index contributed by atoms with van der Waals surface area (Å²) in [5.74, 6) is -0.915. The van der Waals surface area contributed by atoms with Crippen LogP contribution in [0, 0.1) is 5.82 Å². The first-order valence-electron chi connectivity index (χ1n) is 6.07. The van der Waals surface area contributed by atoms with E-state index in [2.05, 4.69) is 15.7 Å². The van der Waals surface area contributed by atoms with Gasteiger partial charge in [-0.15, -0.1) is 0 Å². The highest BCUT2D eigenvalue weighted by Crippen LogP contribution is 2.03. The average molecular weight is 285 g/mol. The van der Waals surface area contributed by atoms with Crippen molar-refractivity contribution in [1.29, 1.82) is 0 Å². The van der Waals surface area contributed by atoms with E-state index in [1.807, 2.05) is 6.07 Å². The van der Waals surface area contributed by atoms with Gasteiger partial charge in [0.2, 0.25) is 0 Å². The fourth-order valence-corrected chi connectivity index (χ4v) is 1.61. The van der Waals surface area contributed by atoms with E-state index >= 15 is 0 Å². The summed E-state index contributed by atoms with van der Waals surface area (Å²) in [7, 11) is 0. The molecule has 0 spiro atoms. The second-order valence-electron chi connectivity index (χ2n) is 4.06. The molecule has 0 fully saturated rings. The summed E-state index contributed by atoms with van der Waals surface area (Å²) in [4.78, 5) is 11.8. The van der Waals surface area contributed by atoms with Crippen molar-refractivity contribution in [2.75, 3.05) is 0 Å². The molecule has 2 rings (SSSR count). The minimum Gasteiger partial charge on any atom is -0.411 e. The molecule has 0 unspecified atom stereocenters. The highest BCUT2D eigenvalue weighted by atomic mass is 19.1. The lowest BCUT2D eigenvalue weighted by molar-refractivity contribution is 0.0955. The van der Waals surface area contributed by atoms with Crippen LogP contribution in [0.1, 0.15) is 15.9 Å². The van der Waals surface area contributed by atoms with E-state index in [-0.39, 0.29) is 11.3 Å². The summed E-state index contributed by atoms with van der Waals surface area (Å²) >= 11 is 0. The number of carbonyl (C=O) groups is 1. The number of hydrazone groups is 1. The van der Waals surface area contributed by atoms with Gasteiger partial charge in [-0.3, -0.25) is 4.79 Å². The lowest BCUT2D eigenvalue weighted by Crippen LogP contribution is -2.20. The van der Waals surface area contributed by atoms with Crippen LogP contribution in [0.2, 0.25) is 0 Å². The van der Waals surface area contributed by atoms with E-state index < -0.39 is 11.7 Å². The predicted octanol–water partition coefficient (Wildman–Crippen LogP) is 2.42. The number of oxime groups is 1. The van der Waals surface area contributed by atoms with Gasteiger partial charge in [0.1, 0.15) is 11.5 Å². The van der Waals surface area contributed by atoms with Crippen molar-refractivity contribution < 1.29 is 14.4 Å². The molecule has 0 aromatic heterocycles. The first-order chi connectivity index (χ1) is 10.2. The van der Waals surface area contributed by atoms with Gasteiger partial charge in [-0.1, -0.05) is 35.5 Å². The SMILES string of the molecule is O=C(N/N=C(\C=N\O)c1ccccc1)c1ccc(F)cc1. The van der Waals surface area contributed by atoms with E-state index in [1.165, 1.54) is 24.3 Å². The Morgan fingerprint density at radius 1 is 1.05 bits per heavy atom. The lowest BCUT2D eigenvalue weighted by Gasteiger charge is -2.03. The molecule has 0 heterocycles. The maximum atomic E-state index is 12.8. The lowest BCUT2D eigenvalue weighted by atomic mass is 10.1. The number of hydrogen-bond donors (Lipinski definition) is 2. The molecule has 5 nitrogen and oxygen atoms in total. The highest BCUT2D eigenvalue weighted by molar-refractivity contribution is 6.38. The molecule has 0 aliphatic heterocycles. The molecule has 106 valence electrons. The van der Waals surface area contributed by atoms with Crippen LogP contribution in [0.15, 0.2) is 64.9 Å². The van der Waals surface area contributed by atoms with Gasteiger partial charge in [-0.2, -0.15) is 5.10 Å². The van der Waals surface area contributed by atoms with Gasteiger partial charge in [-0.25, -0.2) is 9.82 Å². The van der Waals surface area contributed by atoms with Gasteiger partial charge in [0.15, 0.2) is 0 Å². The third-order valence-electron chi connectivity index (χ3n) is 2.63. The van der Waals surface area contributed by atoms with E-state index in [4.69, 9.17) is 5.21 Å². The number of halogens is 1. The average Bonchev–Trinajstić information content (AvgIpc) is 2.52. The number of nitrogens with zero attached hydrogens (tertiary/aromatic N) is 2. The highest BCUT2D eigenvalue weighted by Gasteiger charge is 2.06. The number of hydrogen-bond acceptors (Lipinski definition) is 4. The third kappa shape index (κ3) is 3.97. The van der Waals surface area contributed by atoms with Gasteiger partial charge in [0.05, 0.1) is 6.21 Å². The van der Waals surface area contributed by atoms with Crippen molar-refractivity contribution in [2.24, 2.45) is 10.3 Å². The number of benzene rings is 2. The summed E-state index contributed by atoms with van der Waals surface area (Å²) in [5, 5.41) is 15.5. The molecular formula is C15H12FN3O2. The van der Waals surface area contributed by atoms with Crippen LogP contribution in [0.3, 0.4) is 0 Å². The van der Waals surface area contributed by atoms with Crippen LogP contribution in [0.4, 0.5) is 4.39 Å². The predicted molar refractivity (Wildman–Crippen MR) is 77.1 cm³/mol. The van der Waals surface area contributed by atoms with Crippen LogP contribution in [0.25, 0.3) is 0 Å². The summed E-state index contributed by atoms with van der Waals surface area (Å²) in [6, 6.07) is 14.0. The summed E-state index contributed by atoms with van der Waals surface area (Å²) in [6.07, 6.45) is 1.11. The molecule has 0 saturated heterocycles. The Hall–Kier alpha value is -3.02. The molecule has 0 saturated carbocycles. The second kappa shape index (κ2) is 6.95. The van der Waals surface area contributed by atoms with Crippen LogP contribution in [-0.2, 0) is 0 Å². The maximum absolute atomic E-state index is 12.8. The molecule has 1 amide bonds. The fourth-order valence-electron chi connectivity index (χ4n) is 1.61. The van der Waals surface area contributed by atoms with Crippen molar-refractivity contribution in [3.05, 3.63) is 71.5 Å². The van der Waals surface area contributed by atoms with Crippen LogP contribution in [-0.4, -0.2) is 23.0 Å². The zero-order chi connectivity index (χ0) is 15.1. The molecular weight excluding hydrogens is 273 g/mol. The summed E-state index contributed by atoms with van der Waals surface area (Å²) < 4.78 is 12.8. The van der Waals surface area contributed by atoms with Crippen molar-refractivity contribution in [3.8, 4) is 0 Å². The first-order valence-corrected chi connectivity index (χ1v) is 6.07. The summed E-state index contributed by atoms with van der Waals surface area (Å²) in [6.45, 7) is 0. The number of rotatable bonds is 4. The largest absolute Gasteiger partial charge is 0.411 e. The van der Waals surface area contributed by atoms with Crippen molar-refractivity contribution >= 4 is 17.8 Å². The van der Waals surface area contributed by atoms with Crippen LogP contribution < -0.4 is 5.43 Å². The zero-order valence-electron chi connectivity index (χ0n) is 10.9. The Balaban J connectivity index is 2.16. The van der Waals surface area contributed by atoms with Crippen molar-refractivity contribution in [1.82, 2.24) is 5.43 Å². The van der Waals surface area contributed by atoms with E-state index in [1.54, 1.807) is 24.3 Å². The molecule has 0 radical (unpaired) electrons. The third-order valence-corrected chi connectivity index (χ3v) is 2.63. The second-order valence-corrected chi connectivity index (χ2v) is 4.06. The molecule has 0 aliphatic rings. The van der Waals surface area contributed by atoms with E-state index in [0.29, 0.717) is 5.56 Å². The molecule has 6 heteroatoms. The topological polar surface area (TPSA) is 74.0 Å². The normalized spacial score (nSPS) is 11.6. The maximum Gasteiger partial charge on any atom is 0.271 e. The smallest absolute Gasteiger partial charge is 0.271 e. The van der Waals surface area contributed by atoms with Gasteiger partial charge in [0, 0.05) is 11.1 Å². The van der Waals surface area contributed by atoms with Gasteiger partial charge in [-0.05, 0) is 24.3 Å². The summed E-state index contributed by atoms with van der Waals surface area (Å²) in [5.41, 5.74) is 3.56. The molecule has 0 atom stereocenters. The molecule has 2 aromatic rings. The van der Waals surface area contributed by atoms with E-state index in [9.17, 15) is 9.18 Å². The molecule has 0 bridgehead atoms. The quantitative estimate of drug-likeness (QED) is 0.514. The van der Waals surface area contributed by atoms with Gasteiger partial charge in [0.25, 0.3) is 5.91 Å². The van der Waals surface area contributed by atoms with Crippen molar-refractivity contribution in [3.63, 3.8) is 0 Å².